The first-order valence-electron chi connectivity index (χ1n) is 11.3. The van der Waals surface area contributed by atoms with Crippen molar-refractivity contribution in [2.24, 2.45) is 5.92 Å². The summed E-state index contributed by atoms with van der Waals surface area (Å²) < 4.78 is 0. The van der Waals surface area contributed by atoms with E-state index in [4.69, 9.17) is 0 Å². The van der Waals surface area contributed by atoms with Crippen molar-refractivity contribution in [3.05, 3.63) is 35.9 Å². The Labute approximate surface area is 175 Å². The van der Waals surface area contributed by atoms with Gasteiger partial charge in [0.25, 0.3) is 0 Å². The second-order valence-electron chi connectivity index (χ2n) is 9.11. The maximum Gasteiger partial charge on any atom is 0.246 e. The molecule has 2 aliphatic heterocycles. The van der Waals surface area contributed by atoms with Gasteiger partial charge in [-0.3, -0.25) is 9.59 Å². The maximum atomic E-state index is 13.2. The number of hydrogen-bond acceptors (Lipinski definition) is 3. The van der Waals surface area contributed by atoms with E-state index in [1.807, 2.05) is 4.90 Å². The molecule has 0 aliphatic carbocycles. The molecule has 2 saturated heterocycles. The van der Waals surface area contributed by atoms with E-state index in [1.165, 1.54) is 5.56 Å². The first-order valence-corrected chi connectivity index (χ1v) is 11.3. The molecule has 2 heterocycles. The number of aryl methyl sites for hydroxylation is 1. The van der Waals surface area contributed by atoms with Gasteiger partial charge in [0, 0.05) is 19.6 Å². The van der Waals surface area contributed by atoms with Crippen LogP contribution in [0.3, 0.4) is 0 Å². The van der Waals surface area contributed by atoms with Gasteiger partial charge in [-0.15, -0.1) is 0 Å². The number of benzene rings is 1. The third kappa shape index (κ3) is 5.00. The molecule has 1 aromatic rings. The highest BCUT2D eigenvalue weighted by molar-refractivity contribution is 6.00. The van der Waals surface area contributed by atoms with Gasteiger partial charge >= 0.3 is 0 Å². The van der Waals surface area contributed by atoms with Gasteiger partial charge in [-0.1, -0.05) is 51.1 Å². The van der Waals surface area contributed by atoms with E-state index in [1.54, 1.807) is 0 Å². The summed E-state index contributed by atoms with van der Waals surface area (Å²) in [5.74, 6) is 0.575. The van der Waals surface area contributed by atoms with Crippen LogP contribution in [-0.4, -0.2) is 59.4 Å². The summed E-state index contributed by atoms with van der Waals surface area (Å²) >= 11 is 0. The average molecular weight is 400 g/mol. The lowest BCUT2D eigenvalue weighted by atomic mass is 9.80. The second kappa shape index (κ2) is 9.75. The standard InChI is InChI=1S/C24H37N3O2/c1-4-14-27-22(28)21(18-19(2)3)25-23(29)24(27)12-16-26(17-13-24)15-8-11-20-9-6-5-7-10-20/h5-7,9-10,19,21H,4,8,11-18H2,1-3H3,(H,25,29)/t21-/m0/s1. The first-order chi connectivity index (χ1) is 14.0. The molecule has 0 unspecified atom stereocenters. The summed E-state index contributed by atoms with van der Waals surface area (Å²) in [5, 5.41) is 3.08. The van der Waals surface area contributed by atoms with Crippen molar-refractivity contribution >= 4 is 11.8 Å². The topological polar surface area (TPSA) is 52.7 Å². The summed E-state index contributed by atoms with van der Waals surface area (Å²) in [6.07, 6.45) is 5.29. The van der Waals surface area contributed by atoms with Crippen LogP contribution in [0.1, 0.15) is 58.4 Å². The van der Waals surface area contributed by atoms with Crippen LogP contribution < -0.4 is 5.32 Å². The van der Waals surface area contributed by atoms with E-state index in [9.17, 15) is 9.59 Å². The molecule has 0 aromatic heterocycles. The predicted octanol–water partition coefficient (Wildman–Crippen LogP) is 3.24. The van der Waals surface area contributed by atoms with Crippen molar-refractivity contribution in [3.63, 3.8) is 0 Å². The minimum atomic E-state index is -0.642. The molecule has 5 nitrogen and oxygen atoms in total. The molecule has 2 amide bonds. The minimum absolute atomic E-state index is 0.0696. The molecule has 160 valence electrons. The van der Waals surface area contributed by atoms with Crippen molar-refractivity contribution in [3.8, 4) is 0 Å². The Kier molecular flexibility index (Phi) is 7.33. The Morgan fingerprint density at radius 3 is 2.41 bits per heavy atom. The highest BCUT2D eigenvalue weighted by Gasteiger charge is 2.53. The zero-order valence-electron chi connectivity index (χ0n) is 18.3. The summed E-state index contributed by atoms with van der Waals surface area (Å²) in [6, 6.07) is 10.2. The Bertz CT molecular complexity index is 681. The van der Waals surface area contributed by atoms with Gasteiger partial charge in [0.2, 0.25) is 11.8 Å². The number of carbonyl (C=O) groups excluding carboxylic acids is 2. The zero-order chi connectivity index (χ0) is 20.9. The largest absolute Gasteiger partial charge is 0.342 e. The molecule has 1 aromatic carbocycles. The lowest BCUT2D eigenvalue weighted by Crippen LogP contribution is -2.73. The smallest absolute Gasteiger partial charge is 0.246 e. The molecule has 0 radical (unpaired) electrons. The monoisotopic (exact) mass is 399 g/mol. The Morgan fingerprint density at radius 2 is 1.79 bits per heavy atom. The van der Waals surface area contributed by atoms with Crippen LogP contribution in [0.25, 0.3) is 0 Å². The number of piperidine rings is 1. The molecule has 0 bridgehead atoms. The predicted molar refractivity (Wildman–Crippen MR) is 117 cm³/mol. The van der Waals surface area contributed by atoms with Crippen LogP contribution in [-0.2, 0) is 16.0 Å². The molecular formula is C24H37N3O2. The third-order valence-electron chi connectivity index (χ3n) is 6.43. The molecule has 2 aliphatic rings. The number of hydrogen-bond donors (Lipinski definition) is 1. The second-order valence-corrected chi connectivity index (χ2v) is 9.11. The number of nitrogens with one attached hydrogen (secondary N) is 1. The highest BCUT2D eigenvalue weighted by Crippen LogP contribution is 2.34. The SMILES string of the molecule is CCCN1C(=O)[C@H](CC(C)C)NC(=O)C12CCN(CCCc1ccccc1)CC2. The number of amides is 2. The Hall–Kier alpha value is -1.88. The summed E-state index contributed by atoms with van der Waals surface area (Å²) in [5.41, 5.74) is 0.736. The van der Waals surface area contributed by atoms with Crippen molar-refractivity contribution in [1.82, 2.24) is 15.1 Å². The van der Waals surface area contributed by atoms with Gasteiger partial charge < -0.3 is 15.1 Å². The third-order valence-corrected chi connectivity index (χ3v) is 6.43. The van der Waals surface area contributed by atoms with E-state index < -0.39 is 5.54 Å². The van der Waals surface area contributed by atoms with Gasteiger partial charge in [-0.25, -0.2) is 0 Å². The number of rotatable bonds is 8. The highest BCUT2D eigenvalue weighted by atomic mass is 16.2. The fourth-order valence-corrected chi connectivity index (χ4v) is 4.85. The number of piperazine rings is 1. The molecule has 1 spiro atoms. The molecule has 1 atom stereocenters. The Balaban J connectivity index is 1.59. The molecule has 3 rings (SSSR count). The van der Waals surface area contributed by atoms with Crippen LogP contribution in [0, 0.1) is 5.92 Å². The molecule has 2 fully saturated rings. The summed E-state index contributed by atoms with van der Waals surface area (Å²) in [7, 11) is 0. The van der Waals surface area contributed by atoms with E-state index in [0.29, 0.717) is 18.9 Å². The van der Waals surface area contributed by atoms with Crippen molar-refractivity contribution in [2.45, 2.75) is 70.9 Å². The molecule has 5 heteroatoms. The van der Waals surface area contributed by atoms with Crippen LogP contribution in [0.2, 0.25) is 0 Å². The van der Waals surface area contributed by atoms with Crippen LogP contribution in [0.5, 0.6) is 0 Å². The zero-order valence-corrected chi connectivity index (χ0v) is 18.3. The minimum Gasteiger partial charge on any atom is -0.342 e. The van der Waals surface area contributed by atoms with Gasteiger partial charge in [0.1, 0.15) is 11.6 Å². The lowest BCUT2D eigenvalue weighted by Gasteiger charge is -2.52. The lowest BCUT2D eigenvalue weighted by molar-refractivity contribution is -0.161. The van der Waals surface area contributed by atoms with Gasteiger partial charge in [-0.2, -0.15) is 0 Å². The fraction of sp³-hybridized carbons (Fsp3) is 0.667. The molecular weight excluding hydrogens is 362 g/mol. The van der Waals surface area contributed by atoms with E-state index >= 15 is 0 Å². The molecule has 0 saturated carbocycles. The van der Waals surface area contributed by atoms with Gasteiger partial charge in [-0.05, 0) is 56.6 Å². The quantitative estimate of drug-likeness (QED) is 0.730. The van der Waals surface area contributed by atoms with E-state index in [2.05, 4.69) is 61.3 Å². The van der Waals surface area contributed by atoms with Crippen LogP contribution >= 0.6 is 0 Å². The number of likely N-dealkylation sites (tertiary alicyclic amines) is 1. The summed E-state index contributed by atoms with van der Waals surface area (Å²) in [4.78, 5) is 30.7. The van der Waals surface area contributed by atoms with Gasteiger partial charge in [0.05, 0.1) is 0 Å². The Morgan fingerprint density at radius 1 is 1.10 bits per heavy atom. The maximum absolute atomic E-state index is 13.2. The molecule has 1 N–H and O–H groups in total. The van der Waals surface area contributed by atoms with E-state index in [0.717, 1.165) is 51.7 Å². The van der Waals surface area contributed by atoms with Crippen molar-refractivity contribution in [2.75, 3.05) is 26.2 Å². The summed E-state index contributed by atoms with van der Waals surface area (Å²) in [6.45, 7) is 9.77. The number of carbonyl (C=O) groups is 2. The number of nitrogens with zero attached hydrogens (tertiary/aromatic N) is 2. The average Bonchev–Trinajstić information content (AvgIpc) is 2.71. The normalized spacial score (nSPS) is 22.3. The fourth-order valence-electron chi connectivity index (χ4n) is 4.85. The van der Waals surface area contributed by atoms with E-state index in [-0.39, 0.29) is 17.9 Å². The van der Waals surface area contributed by atoms with Crippen LogP contribution in [0.15, 0.2) is 30.3 Å². The van der Waals surface area contributed by atoms with Crippen molar-refractivity contribution < 1.29 is 9.59 Å². The van der Waals surface area contributed by atoms with Gasteiger partial charge in [0.15, 0.2) is 0 Å². The molecule has 29 heavy (non-hydrogen) atoms. The first kappa shape index (κ1) is 21.8. The van der Waals surface area contributed by atoms with Crippen LogP contribution in [0.4, 0.5) is 0 Å². The van der Waals surface area contributed by atoms with Crippen molar-refractivity contribution in [1.29, 1.82) is 0 Å².